The number of carbonyl (C=O) groups is 5. The number of hydrogen-bond donors (Lipinski definition) is 2. The van der Waals surface area contributed by atoms with Gasteiger partial charge in [0, 0.05) is 38.4 Å². The summed E-state index contributed by atoms with van der Waals surface area (Å²) in [6.45, 7) is 16.4. The van der Waals surface area contributed by atoms with Gasteiger partial charge in [0.1, 0.15) is 25.9 Å². The zero-order valence-electron chi connectivity index (χ0n) is 50.4. The van der Waals surface area contributed by atoms with Gasteiger partial charge in [-0.15, -0.1) is 0 Å². The Hall–Kier alpha value is -3.09. The monoisotopic (exact) mass is 1080 g/mol. The van der Waals surface area contributed by atoms with Gasteiger partial charge in [-0.05, 0) is 83.7 Å². The summed E-state index contributed by atoms with van der Waals surface area (Å²) >= 11 is 0. The molecule has 0 heterocycles. The largest absolute Gasteiger partial charge is 0.508 e. The van der Waals surface area contributed by atoms with E-state index in [-0.39, 0.29) is 75.4 Å². The lowest BCUT2D eigenvalue weighted by Gasteiger charge is -2.19. The maximum Gasteiger partial charge on any atom is 0.508 e. The van der Waals surface area contributed by atoms with E-state index in [0.717, 1.165) is 103 Å². The van der Waals surface area contributed by atoms with E-state index >= 15 is 0 Å². The third-order valence-electron chi connectivity index (χ3n) is 14.7. The molecular weight excluding hydrogens is 959 g/mol. The molecule has 2 amide bonds. The highest BCUT2D eigenvalue weighted by Gasteiger charge is 2.20. The predicted molar refractivity (Wildman–Crippen MR) is 313 cm³/mol. The summed E-state index contributed by atoms with van der Waals surface area (Å²) in [5.74, 6) is -1.37. The van der Waals surface area contributed by atoms with Crippen LogP contribution >= 0.6 is 0 Å². The first-order chi connectivity index (χ1) is 37.1. The topological polar surface area (TPSA) is 159 Å². The van der Waals surface area contributed by atoms with E-state index in [1.165, 1.54) is 141 Å². The molecule has 0 rings (SSSR count). The zero-order valence-corrected chi connectivity index (χ0v) is 50.4. The number of hydrogen-bond acceptors (Lipinski definition) is 11. The maximum absolute atomic E-state index is 12.8. The van der Waals surface area contributed by atoms with E-state index in [2.05, 4.69) is 57.1 Å². The van der Waals surface area contributed by atoms with Crippen LogP contribution in [0.5, 0.6) is 0 Å². The molecule has 0 aliphatic rings. The van der Waals surface area contributed by atoms with Crippen molar-refractivity contribution in [3.8, 4) is 0 Å². The molecule has 0 aromatic rings. The maximum atomic E-state index is 12.8. The molecule has 0 aliphatic heterocycles. The molecule has 448 valence electrons. The van der Waals surface area contributed by atoms with Gasteiger partial charge < -0.3 is 39.2 Å². The molecule has 0 aromatic carbocycles. The van der Waals surface area contributed by atoms with E-state index in [0.29, 0.717) is 32.2 Å². The lowest BCUT2D eigenvalue weighted by molar-refractivity contribution is -0.151. The Morgan fingerprint density at radius 1 is 0.395 bits per heavy atom. The van der Waals surface area contributed by atoms with Crippen molar-refractivity contribution in [1.82, 2.24) is 15.5 Å². The average molecular weight is 1080 g/mol. The molecule has 0 saturated carbocycles. The van der Waals surface area contributed by atoms with Gasteiger partial charge in [0.05, 0.1) is 12.5 Å². The number of ether oxygens (including phenoxy) is 5. The summed E-state index contributed by atoms with van der Waals surface area (Å²) in [6.07, 6.45) is 41.9. The molecule has 13 nitrogen and oxygen atoms in total. The first-order valence-corrected chi connectivity index (χ1v) is 32.2. The Kier molecular flexibility index (Phi) is 54.3. The van der Waals surface area contributed by atoms with Crippen molar-refractivity contribution in [2.24, 2.45) is 5.92 Å². The number of carbonyl (C=O) groups excluding carboxylic acids is 5. The molecule has 0 spiro atoms. The second-order valence-electron chi connectivity index (χ2n) is 21.9. The second-order valence-corrected chi connectivity index (χ2v) is 21.9. The van der Waals surface area contributed by atoms with Gasteiger partial charge in [-0.25, -0.2) is 9.59 Å². The highest BCUT2D eigenvalue weighted by atomic mass is 16.7. The molecule has 2 N–H and O–H groups in total. The Balaban J connectivity index is 4.78. The molecule has 1 atom stereocenters. The van der Waals surface area contributed by atoms with Crippen LogP contribution in [-0.2, 0) is 38.1 Å². The Bertz CT molecular complexity index is 1300. The normalized spacial score (nSPS) is 11.8. The van der Waals surface area contributed by atoms with Crippen LogP contribution in [0.15, 0.2) is 0 Å². The molecule has 1 unspecified atom stereocenters. The van der Waals surface area contributed by atoms with Crippen molar-refractivity contribution in [3.63, 3.8) is 0 Å². The standard InChI is InChI=1S/C63H121N3O10/c1-7-13-17-21-26-34-43-57(44-35-27-22-18-14-8-2)65-62(70)64-50-41-33-25-30-38-47-59(67)73-53-56(55-75-63(71)72-52-42-51-66(11-5)12-6)54-74-60(68)48-39-31-32-40-49-61(69)76-58(45-36-28-23-19-15-9-3)46-37-29-24-20-16-10-4/h56-58H,7-55H2,1-6H3,(H2,64,65,70). The average Bonchev–Trinajstić information content (AvgIpc) is 3.41. The van der Waals surface area contributed by atoms with Crippen LogP contribution in [0.1, 0.15) is 305 Å². The third-order valence-corrected chi connectivity index (χ3v) is 14.7. The van der Waals surface area contributed by atoms with Crippen molar-refractivity contribution in [2.45, 2.75) is 317 Å². The van der Waals surface area contributed by atoms with Crippen LogP contribution in [0, 0.1) is 5.92 Å². The van der Waals surface area contributed by atoms with Crippen LogP contribution in [0.25, 0.3) is 0 Å². The molecule has 0 bridgehead atoms. The number of esters is 3. The first kappa shape index (κ1) is 72.9. The first-order valence-electron chi connectivity index (χ1n) is 32.2. The molecule has 0 aromatic heterocycles. The number of nitrogens with one attached hydrogen (secondary N) is 2. The number of nitrogens with zero attached hydrogens (tertiary/aromatic N) is 1. The fourth-order valence-corrected chi connectivity index (χ4v) is 9.62. The van der Waals surface area contributed by atoms with Crippen LogP contribution < -0.4 is 10.6 Å². The van der Waals surface area contributed by atoms with Crippen LogP contribution in [-0.4, -0.2) is 99.7 Å². The van der Waals surface area contributed by atoms with Crippen LogP contribution in [0.4, 0.5) is 9.59 Å². The van der Waals surface area contributed by atoms with E-state index in [4.69, 9.17) is 23.7 Å². The molecule has 13 heteroatoms. The lowest BCUT2D eigenvalue weighted by Crippen LogP contribution is -2.42. The van der Waals surface area contributed by atoms with Gasteiger partial charge >= 0.3 is 30.1 Å². The summed E-state index contributed by atoms with van der Waals surface area (Å²) < 4.78 is 27.9. The minimum absolute atomic E-state index is 0.0136. The van der Waals surface area contributed by atoms with Gasteiger partial charge in [-0.1, -0.05) is 215 Å². The highest BCUT2D eigenvalue weighted by molar-refractivity contribution is 5.74. The Morgan fingerprint density at radius 3 is 1.22 bits per heavy atom. The van der Waals surface area contributed by atoms with Crippen LogP contribution in [0.3, 0.4) is 0 Å². The summed E-state index contributed by atoms with van der Waals surface area (Å²) in [4.78, 5) is 66.0. The second kappa shape index (κ2) is 56.6. The van der Waals surface area contributed by atoms with E-state index < -0.39 is 12.1 Å². The predicted octanol–water partition coefficient (Wildman–Crippen LogP) is 16.8. The fourth-order valence-electron chi connectivity index (χ4n) is 9.62. The van der Waals surface area contributed by atoms with Gasteiger partial charge in [-0.3, -0.25) is 14.4 Å². The molecule has 76 heavy (non-hydrogen) atoms. The molecular formula is C63H121N3O10. The quantitative estimate of drug-likeness (QED) is 0.0339. The molecule has 0 fully saturated rings. The zero-order chi connectivity index (χ0) is 55.8. The number of unbranched alkanes of at least 4 members (excludes halogenated alkanes) is 27. The highest BCUT2D eigenvalue weighted by Crippen LogP contribution is 2.19. The number of urea groups is 1. The molecule has 0 saturated heterocycles. The van der Waals surface area contributed by atoms with Crippen molar-refractivity contribution in [2.75, 3.05) is 52.6 Å². The minimum Gasteiger partial charge on any atom is -0.465 e. The van der Waals surface area contributed by atoms with Gasteiger partial charge in [0.2, 0.25) is 0 Å². The summed E-state index contributed by atoms with van der Waals surface area (Å²) in [5.41, 5.74) is 0. The summed E-state index contributed by atoms with van der Waals surface area (Å²) in [6, 6.07) is 0.173. The van der Waals surface area contributed by atoms with Gasteiger partial charge in [-0.2, -0.15) is 0 Å². The van der Waals surface area contributed by atoms with E-state index in [1.807, 2.05) is 0 Å². The van der Waals surface area contributed by atoms with Crippen molar-refractivity contribution in [3.05, 3.63) is 0 Å². The SMILES string of the molecule is CCCCCCCCC(CCCCCCCC)NC(=O)NCCCCCCCC(=O)OCC(COC(=O)CCCCCCC(=O)OC(CCCCCCCC)CCCCCCCC)COC(=O)OCCCN(CC)CC. The molecule has 0 radical (unpaired) electrons. The number of amides is 2. The Labute approximate surface area is 467 Å². The van der Waals surface area contributed by atoms with E-state index in [1.54, 1.807) is 0 Å². The summed E-state index contributed by atoms with van der Waals surface area (Å²) in [5, 5.41) is 6.35. The fraction of sp³-hybridized carbons (Fsp3) is 0.921. The smallest absolute Gasteiger partial charge is 0.465 e. The summed E-state index contributed by atoms with van der Waals surface area (Å²) in [7, 11) is 0. The van der Waals surface area contributed by atoms with Gasteiger partial charge in [0.15, 0.2) is 0 Å². The van der Waals surface area contributed by atoms with Crippen molar-refractivity contribution in [1.29, 1.82) is 0 Å². The van der Waals surface area contributed by atoms with Crippen LogP contribution in [0.2, 0.25) is 0 Å². The van der Waals surface area contributed by atoms with Gasteiger partial charge in [0.25, 0.3) is 0 Å². The lowest BCUT2D eigenvalue weighted by atomic mass is 10.00. The third kappa shape index (κ3) is 50.4. The van der Waals surface area contributed by atoms with E-state index in [9.17, 15) is 24.0 Å². The molecule has 0 aliphatic carbocycles. The van der Waals surface area contributed by atoms with Crippen molar-refractivity contribution >= 4 is 30.1 Å². The number of rotatable bonds is 57. The Morgan fingerprint density at radius 2 is 0.776 bits per heavy atom. The minimum atomic E-state index is -0.802. The van der Waals surface area contributed by atoms with Crippen molar-refractivity contribution < 1.29 is 47.7 Å².